The van der Waals surface area contributed by atoms with E-state index in [1.54, 1.807) is 6.07 Å². The fourth-order valence-electron chi connectivity index (χ4n) is 5.33. The number of hydrogen-bond acceptors (Lipinski definition) is 6. The van der Waals surface area contributed by atoms with Gasteiger partial charge >= 0.3 is 6.36 Å². The first kappa shape index (κ1) is 28.0. The van der Waals surface area contributed by atoms with E-state index in [-0.39, 0.29) is 27.8 Å². The SMILES string of the molecule is C[C@@H]1C[C@H](n2c(Nc3ccc(OC(F)(F)F)cc3)nc3cc(C(=O)NS(C)(=O)=O)c(Cl)cc32)CC(C)(C)C1. The van der Waals surface area contributed by atoms with Gasteiger partial charge in [0.25, 0.3) is 5.91 Å². The summed E-state index contributed by atoms with van der Waals surface area (Å²) in [6, 6.07) is 8.29. The molecule has 8 nitrogen and oxygen atoms in total. The van der Waals surface area contributed by atoms with Crippen LogP contribution in [0.1, 0.15) is 56.4 Å². The maximum absolute atomic E-state index is 12.6. The van der Waals surface area contributed by atoms with Crippen LogP contribution in [0.3, 0.4) is 0 Å². The number of amides is 1. The van der Waals surface area contributed by atoms with Crippen LogP contribution < -0.4 is 14.8 Å². The highest BCUT2D eigenvalue weighted by molar-refractivity contribution is 7.89. The van der Waals surface area contributed by atoms with Crippen molar-refractivity contribution in [1.82, 2.24) is 14.3 Å². The van der Waals surface area contributed by atoms with Gasteiger partial charge in [-0.25, -0.2) is 18.1 Å². The quantitative estimate of drug-likeness (QED) is 0.354. The van der Waals surface area contributed by atoms with Crippen molar-refractivity contribution in [1.29, 1.82) is 0 Å². The summed E-state index contributed by atoms with van der Waals surface area (Å²) in [6.45, 7) is 6.57. The molecule has 0 radical (unpaired) electrons. The summed E-state index contributed by atoms with van der Waals surface area (Å²) >= 11 is 6.44. The Bertz CT molecular complexity index is 1470. The van der Waals surface area contributed by atoms with Gasteiger partial charge in [-0.3, -0.25) is 4.79 Å². The number of alkyl halides is 3. The highest BCUT2D eigenvalue weighted by Crippen LogP contribution is 2.46. The van der Waals surface area contributed by atoms with Gasteiger partial charge in [0.15, 0.2) is 0 Å². The second-order valence-electron chi connectivity index (χ2n) is 10.6. The summed E-state index contributed by atoms with van der Waals surface area (Å²) in [5, 5.41) is 3.23. The van der Waals surface area contributed by atoms with Crippen molar-refractivity contribution >= 4 is 50.2 Å². The lowest BCUT2D eigenvalue weighted by atomic mass is 9.70. The molecule has 1 saturated carbocycles. The smallest absolute Gasteiger partial charge is 0.406 e. The average Bonchev–Trinajstić information content (AvgIpc) is 3.07. The molecule has 2 N–H and O–H groups in total. The van der Waals surface area contributed by atoms with Crippen molar-refractivity contribution < 1.29 is 31.1 Å². The number of rotatable bonds is 6. The van der Waals surface area contributed by atoms with Crippen LogP contribution in [-0.4, -0.2) is 36.5 Å². The number of halogens is 4. The van der Waals surface area contributed by atoms with Crippen LogP contribution in [0.4, 0.5) is 24.8 Å². The second-order valence-corrected chi connectivity index (χ2v) is 12.7. The first-order chi connectivity index (χ1) is 17.5. The normalized spacial score (nSPS) is 19.8. The summed E-state index contributed by atoms with van der Waals surface area (Å²) in [5.74, 6) is -0.400. The molecule has 3 aromatic rings. The van der Waals surface area contributed by atoms with Crippen molar-refractivity contribution in [3.63, 3.8) is 0 Å². The van der Waals surface area contributed by atoms with Crippen molar-refractivity contribution in [3.8, 4) is 5.75 Å². The average molecular weight is 573 g/mol. The molecule has 1 heterocycles. The molecule has 4 rings (SSSR count). The molecule has 2 atom stereocenters. The Morgan fingerprint density at radius 2 is 1.84 bits per heavy atom. The van der Waals surface area contributed by atoms with E-state index in [0.29, 0.717) is 28.6 Å². The first-order valence-corrected chi connectivity index (χ1v) is 14.1. The van der Waals surface area contributed by atoms with Gasteiger partial charge in [0.1, 0.15) is 5.75 Å². The molecule has 1 amide bonds. The number of ether oxygens (including phenoxy) is 1. The summed E-state index contributed by atoms with van der Waals surface area (Å²) in [7, 11) is -3.81. The lowest BCUT2D eigenvalue weighted by Gasteiger charge is -2.40. The number of carbonyl (C=O) groups is 1. The molecule has 1 aliphatic rings. The second kappa shape index (κ2) is 9.96. The number of hydrogen-bond donors (Lipinski definition) is 2. The molecule has 13 heteroatoms. The minimum absolute atomic E-state index is 0.0147. The third-order valence-electron chi connectivity index (χ3n) is 6.37. The summed E-state index contributed by atoms with van der Waals surface area (Å²) in [6.07, 6.45) is -1.19. The number of sulfonamides is 1. The fraction of sp³-hybridized carbons (Fsp3) is 0.440. The van der Waals surface area contributed by atoms with Crippen LogP contribution in [0.15, 0.2) is 36.4 Å². The number of benzene rings is 2. The van der Waals surface area contributed by atoms with E-state index in [1.165, 1.54) is 30.3 Å². The van der Waals surface area contributed by atoms with Gasteiger partial charge in [-0.2, -0.15) is 0 Å². The van der Waals surface area contributed by atoms with Gasteiger partial charge in [-0.05, 0) is 67.0 Å². The predicted octanol–water partition coefficient (Wildman–Crippen LogP) is 6.41. The third kappa shape index (κ3) is 6.71. The molecule has 0 spiro atoms. The van der Waals surface area contributed by atoms with E-state index in [4.69, 9.17) is 11.6 Å². The van der Waals surface area contributed by atoms with Crippen LogP contribution in [0.2, 0.25) is 5.02 Å². The van der Waals surface area contributed by atoms with Gasteiger partial charge < -0.3 is 14.6 Å². The van der Waals surface area contributed by atoms with Crippen molar-refractivity contribution in [2.24, 2.45) is 11.3 Å². The van der Waals surface area contributed by atoms with Crippen molar-refractivity contribution in [3.05, 3.63) is 47.0 Å². The Morgan fingerprint density at radius 1 is 1.18 bits per heavy atom. The standard InChI is InChI=1S/C25H28ClF3N4O4S/c1-14-9-16(13-24(2,3)12-14)33-21-11-19(26)18(22(34)32-38(4,35)36)10-20(21)31-23(33)30-15-5-7-17(8-6-15)37-25(27,28)29/h5-8,10-11,14,16H,9,12-13H2,1-4H3,(H,30,31)(H,32,34)/t14-,16+/m1/s1. The van der Waals surface area contributed by atoms with Crippen molar-refractivity contribution in [2.75, 3.05) is 11.6 Å². The molecule has 2 aromatic carbocycles. The topological polar surface area (TPSA) is 102 Å². The van der Waals surface area contributed by atoms with E-state index >= 15 is 0 Å². The molecule has 1 aromatic heterocycles. The Morgan fingerprint density at radius 3 is 2.42 bits per heavy atom. The fourth-order valence-corrected chi connectivity index (χ4v) is 6.02. The van der Waals surface area contributed by atoms with Crippen LogP contribution in [0.5, 0.6) is 5.75 Å². The molecule has 1 aliphatic carbocycles. The molecule has 0 saturated heterocycles. The highest BCUT2D eigenvalue weighted by Gasteiger charge is 2.35. The minimum atomic E-state index is -4.80. The van der Waals surface area contributed by atoms with Gasteiger partial charge in [-0.1, -0.05) is 32.4 Å². The number of nitrogens with zero attached hydrogens (tertiary/aromatic N) is 2. The zero-order valence-corrected chi connectivity index (χ0v) is 22.8. The van der Waals surface area contributed by atoms with Gasteiger partial charge in [0.2, 0.25) is 16.0 Å². The maximum Gasteiger partial charge on any atom is 0.573 e. The molecule has 38 heavy (non-hydrogen) atoms. The van der Waals surface area contributed by atoms with Crippen LogP contribution in [0.25, 0.3) is 11.0 Å². The molecular formula is C25H28ClF3N4O4S. The lowest BCUT2D eigenvalue weighted by Crippen LogP contribution is -2.30. The van der Waals surface area contributed by atoms with E-state index in [2.05, 4.69) is 35.8 Å². The molecule has 0 aliphatic heterocycles. The molecule has 0 bridgehead atoms. The first-order valence-electron chi connectivity index (χ1n) is 11.9. The maximum atomic E-state index is 12.6. The number of aromatic nitrogens is 2. The van der Waals surface area contributed by atoms with Gasteiger partial charge in [0, 0.05) is 11.7 Å². The predicted molar refractivity (Wildman–Crippen MR) is 139 cm³/mol. The Kier molecular flexibility index (Phi) is 7.34. The summed E-state index contributed by atoms with van der Waals surface area (Å²) in [4.78, 5) is 17.2. The monoisotopic (exact) mass is 572 g/mol. The van der Waals surface area contributed by atoms with E-state index < -0.39 is 22.3 Å². The number of nitrogens with one attached hydrogen (secondary N) is 2. The van der Waals surface area contributed by atoms with Gasteiger partial charge in [0.05, 0.1) is 27.9 Å². The largest absolute Gasteiger partial charge is 0.573 e. The zero-order valence-electron chi connectivity index (χ0n) is 21.2. The zero-order chi connectivity index (χ0) is 28.0. The Hall–Kier alpha value is -2.99. The van der Waals surface area contributed by atoms with Crippen molar-refractivity contribution in [2.45, 2.75) is 52.4 Å². The van der Waals surface area contributed by atoms with Gasteiger partial charge in [-0.15, -0.1) is 13.2 Å². The molecule has 1 fully saturated rings. The Balaban J connectivity index is 1.78. The van der Waals surface area contributed by atoms with Crippen LogP contribution in [0, 0.1) is 11.3 Å². The number of imidazole rings is 1. The molecular weight excluding hydrogens is 545 g/mol. The third-order valence-corrected chi connectivity index (χ3v) is 7.24. The summed E-state index contributed by atoms with van der Waals surface area (Å²) < 4.78 is 68.7. The highest BCUT2D eigenvalue weighted by atomic mass is 35.5. The van der Waals surface area contributed by atoms with Crippen LogP contribution in [-0.2, 0) is 10.0 Å². The van der Waals surface area contributed by atoms with E-state index in [9.17, 15) is 26.4 Å². The number of anilines is 2. The summed E-state index contributed by atoms with van der Waals surface area (Å²) in [5.41, 5.74) is 1.52. The van der Waals surface area contributed by atoms with Crippen LogP contribution >= 0.6 is 11.6 Å². The van der Waals surface area contributed by atoms with E-state index in [0.717, 1.165) is 25.5 Å². The molecule has 0 unspecified atom stereocenters. The number of fused-ring (bicyclic) bond motifs is 1. The van der Waals surface area contributed by atoms with E-state index in [1.807, 2.05) is 9.29 Å². The Labute approximate surface area is 223 Å². The number of carbonyl (C=O) groups excluding carboxylic acids is 1. The molecule has 206 valence electrons. The lowest BCUT2D eigenvalue weighted by molar-refractivity contribution is -0.274. The minimum Gasteiger partial charge on any atom is -0.406 e.